The summed E-state index contributed by atoms with van der Waals surface area (Å²) in [5, 5.41) is 3.81. The predicted molar refractivity (Wildman–Crippen MR) is 86.5 cm³/mol. The third-order valence-corrected chi connectivity index (χ3v) is 5.11. The van der Waals surface area contributed by atoms with Gasteiger partial charge in [-0.1, -0.05) is 30.4 Å². The Balaban J connectivity index is 1.85. The zero-order chi connectivity index (χ0) is 14.4. The third kappa shape index (κ3) is 1.90. The second kappa shape index (κ2) is 4.73. The molecule has 21 heavy (non-hydrogen) atoms. The standard InChI is InChI=1S/C19H20N2/c1-12-8-9-17-15-6-3-7-16(15)19(21-18(17)13(12)2)14-5-4-10-20-11-14/h3-6,8-11,15-16,19,21H,7H2,1-2H3. The van der Waals surface area contributed by atoms with Crippen LogP contribution in [0.15, 0.2) is 48.8 Å². The lowest BCUT2D eigenvalue weighted by atomic mass is 9.76. The van der Waals surface area contributed by atoms with E-state index in [0.29, 0.717) is 17.9 Å². The van der Waals surface area contributed by atoms with Gasteiger partial charge in [-0.05, 0) is 54.5 Å². The highest BCUT2D eigenvalue weighted by molar-refractivity contribution is 5.65. The van der Waals surface area contributed by atoms with E-state index in [2.05, 4.69) is 54.5 Å². The molecule has 0 fully saturated rings. The van der Waals surface area contributed by atoms with Gasteiger partial charge >= 0.3 is 0 Å². The number of nitrogens with one attached hydrogen (secondary N) is 1. The normalized spacial score (nSPS) is 26.1. The first kappa shape index (κ1) is 12.6. The molecule has 1 N–H and O–H groups in total. The molecule has 0 saturated carbocycles. The molecule has 1 aliphatic heterocycles. The fourth-order valence-electron chi connectivity index (χ4n) is 3.81. The molecule has 106 valence electrons. The van der Waals surface area contributed by atoms with Crippen LogP contribution in [0.5, 0.6) is 0 Å². The van der Waals surface area contributed by atoms with Crippen molar-refractivity contribution < 1.29 is 0 Å². The first-order valence-electron chi connectivity index (χ1n) is 7.69. The maximum atomic E-state index is 4.31. The van der Waals surface area contributed by atoms with Crippen molar-refractivity contribution in [2.75, 3.05) is 5.32 Å². The number of rotatable bonds is 1. The number of nitrogens with zero attached hydrogens (tertiary/aromatic N) is 1. The van der Waals surface area contributed by atoms with E-state index in [1.807, 2.05) is 18.5 Å². The number of fused-ring (bicyclic) bond motifs is 3. The van der Waals surface area contributed by atoms with Crippen molar-refractivity contribution in [3.05, 3.63) is 71.1 Å². The predicted octanol–water partition coefficient (Wildman–Crippen LogP) is 4.52. The van der Waals surface area contributed by atoms with E-state index in [9.17, 15) is 0 Å². The van der Waals surface area contributed by atoms with Gasteiger partial charge in [-0.15, -0.1) is 0 Å². The van der Waals surface area contributed by atoms with Gasteiger partial charge in [0.25, 0.3) is 0 Å². The molecule has 1 aromatic heterocycles. The summed E-state index contributed by atoms with van der Waals surface area (Å²) >= 11 is 0. The van der Waals surface area contributed by atoms with Gasteiger partial charge in [-0.25, -0.2) is 0 Å². The van der Waals surface area contributed by atoms with Crippen molar-refractivity contribution in [2.45, 2.75) is 32.2 Å². The molecule has 0 bridgehead atoms. The highest BCUT2D eigenvalue weighted by Gasteiger charge is 2.38. The van der Waals surface area contributed by atoms with E-state index in [0.717, 1.165) is 6.42 Å². The molecular formula is C19H20N2. The summed E-state index contributed by atoms with van der Waals surface area (Å²) in [6.45, 7) is 4.41. The van der Waals surface area contributed by atoms with E-state index < -0.39 is 0 Å². The number of aromatic nitrogens is 1. The minimum Gasteiger partial charge on any atom is -0.377 e. The molecular weight excluding hydrogens is 256 g/mol. The second-order valence-electron chi connectivity index (χ2n) is 6.23. The lowest BCUT2D eigenvalue weighted by molar-refractivity contribution is 0.424. The first-order valence-corrected chi connectivity index (χ1v) is 7.69. The Morgan fingerprint density at radius 3 is 2.90 bits per heavy atom. The van der Waals surface area contributed by atoms with E-state index in [1.165, 1.54) is 27.9 Å². The molecule has 3 unspecified atom stereocenters. The van der Waals surface area contributed by atoms with Crippen molar-refractivity contribution in [2.24, 2.45) is 5.92 Å². The Bertz CT molecular complexity index is 703. The summed E-state index contributed by atoms with van der Waals surface area (Å²) < 4.78 is 0. The SMILES string of the molecule is Cc1ccc2c(c1C)NC(c1cccnc1)C1CC=CC21. The van der Waals surface area contributed by atoms with Crippen LogP contribution >= 0.6 is 0 Å². The number of pyridine rings is 1. The topological polar surface area (TPSA) is 24.9 Å². The molecule has 2 nitrogen and oxygen atoms in total. The minimum absolute atomic E-state index is 0.353. The average molecular weight is 276 g/mol. The molecule has 2 heteroatoms. The largest absolute Gasteiger partial charge is 0.377 e. The molecule has 2 aromatic rings. The second-order valence-corrected chi connectivity index (χ2v) is 6.23. The summed E-state index contributed by atoms with van der Waals surface area (Å²) in [7, 11) is 0. The monoisotopic (exact) mass is 276 g/mol. The Labute approximate surface area is 125 Å². The van der Waals surface area contributed by atoms with E-state index >= 15 is 0 Å². The van der Waals surface area contributed by atoms with Gasteiger partial charge in [0.1, 0.15) is 0 Å². The smallest absolute Gasteiger partial charge is 0.0569 e. The van der Waals surface area contributed by atoms with Gasteiger partial charge in [0, 0.05) is 24.0 Å². The van der Waals surface area contributed by atoms with Crippen molar-refractivity contribution in [3.63, 3.8) is 0 Å². The van der Waals surface area contributed by atoms with Crippen LogP contribution in [0.3, 0.4) is 0 Å². The Morgan fingerprint density at radius 2 is 2.10 bits per heavy atom. The Hall–Kier alpha value is -2.09. The maximum Gasteiger partial charge on any atom is 0.0569 e. The Kier molecular flexibility index (Phi) is 2.85. The van der Waals surface area contributed by atoms with Gasteiger partial charge in [-0.3, -0.25) is 4.98 Å². The molecule has 1 aliphatic carbocycles. The van der Waals surface area contributed by atoms with Crippen LogP contribution in [-0.4, -0.2) is 4.98 Å². The first-order chi connectivity index (χ1) is 10.3. The number of hydrogen-bond acceptors (Lipinski definition) is 2. The molecule has 0 amide bonds. The minimum atomic E-state index is 0.353. The number of hydrogen-bond donors (Lipinski definition) is 1. The van der Waals surface area contributed by atoms with Gasteiger partial charge < -0.3 is 5.32 Å². The molecule has 4 rings (SSSR count). The van der Waals surface area contributed by atoms with Crippen molar-refractivity contribution in [1.82, 2.24) is 4.98 Å². The molecule has 2 heterocycles. The van der Waals surface area contributed by atoms with Gasteiger partial charge in [0.05, 0.1) is 6.04 Å². The molecule has 0 saturated heterocycles. The van der Waals surface area contributed by atoms with E-state index in [-0.39, 0.29) is 0 Å². The fraction of sp³-hybridized carbons (Fsp3) is 0.316. The van der Waals surface area contributed by atoms with Crippen LogP contribution < -0.4 is 5.32 Å². The number of aryl methyl sites for hydroxylation is 1. The molecule has 0 radical (unpaired) electrons. The summed E-state index contributed by atoms with van der Waals surface area (Å²) in [4.78, 5) is 4.31. The maximum absolute atomic E-state index is 4.31. The Morgan fingerprint density at radius 1 is 1.19 bits per heavy atom. The van der Waals surface area contributed by atoms with Crippen LogP contribution in [0.2, 0.25) is 0 Å². The van der Waals surface area contributed by atoms with E-state index in [1.54, 1.807) is 0 Å². The summed E-state index contributed by atoms with van der Waals surface area (Å²) in [6, 6.07) is 9.14. The average Bonchev–Trinajstić information content (AvgIpc) is 3.00. The zero-order valence-electron chi connectivity index (χ0n) is 12.5. The van der Waals surface area contributed by atoms with E-state index in [4.69, 9.17) is 0 Å². The lowest BCUT2D eigenvalue weighted by Crippen LogP contribution is -2.29. The van der Waals surface area contributed by atoms with Crippen molar-refractivity contribution in [3.8, 4) is 0 Å². The molecule has 1 aromatic carbocycles. The summed E-state index contributed by atoms with van der Waals surface area (Å²) in [5.74, 6) is 1.13. The van der Waals surface area contributed by atoms with Crippen LogP contribution in [-0.2, 0) is 0 Å². The van der Waals surface area contributed by atoms with Crippen LogP contribution in [0, 0.1) is 19.8 Å². The molecule has 3 atom stereocenters. The zero-order valence-corrected chi connectivity index (χ0v) is 12.5. The summed E-state index contributed by atoms with van der Waals surface area (Å²) in [5.41, 5.74) is 6.81. The highest BCUT2D eigenvalue weighted by atomic mass is 15.0. The number of benzene rings is 1. The molecule has 2 aliphatic rings. The van der Waals surface area contributed by atoms with Gasteiger partial charge in [0.15, 0.2) is 0 Å². The highest BCUT2D eigenvalue weighted by Crippen LogP contribution is 2.50. The van der Waals surface area contributed by atoms with Crippen molar-refractivity contribution >= 4 is 5.69 Å². The van der Waals surface area contributed by atoms with Crippen LogP contribution in [0.25, 0.3) is 0 Å². The summed E-state index contributed by atoms with van der Waals surface area (Å²) in [6.07, 6.45) is 9.72. The quantitative estimate of drug-likeness (QED) is 0.774. The number of allylic oxidation sites excluding steroid dienone is 2. The van der Waals surface area contributed by atoms with Crippen LogP contribution in [0.4, 0.5) is 5.69 Å². The fourth-order valence-corrected chi connectivity index (χ4v) is 3.81. The third-order valence-electron chi connectivity index (χ3n) is 5.11. The van der Waals surface area contributed by atoms with Crippen LogP contribution in [0.1, 0.15) is 40.6 Å². The van der Waals surface area contributed by atoms with Gasteiger partial charge in [0.2, 0.25) is 0 Å². The van der Waals surface area contributed by atoms with Gasteiger partial charge in [-0.2, -0.15) is 0 Å². The molecule has 0 spiro atoms. The number of anilines is 1. The lowest BCUT2D eigenvalue weighted by Gasteiger charge is -2.38. The van der Waals surface area contributed by atoms with Crippen molar-refractivity contribution in [1.29, 1.82) is 0 Å².